The number of aliphatic hydroxyl groups is 1. The van der Waals surface area contributed by atoms with E-state index in [2.05, 4.69) is 42.6 Å². The minimum Gasteiger partial charge on any atom is -0.594 e. The van der Waals surface area contributed by atoms with Crippen molar-refractivity contribution < 1.29 is 131 Å². The Labute approximate surface area is 848 Å². The molecule has 12 rings (SSSR count). The molecule has 2 saturated carbocycles. The van der Waals surface area contributed by atoms with E-state index in [9.17, 15) is 90.7 Å². The van der Waals surface area contributed by atoms with Crippen molar-refractivity contribution in [1.82, 2.24) is 25.2 Å². The van der Waals surface area contributed by atoms with Gasteiger partial charge in [-0.3, -0.25) is 45.5 Å². The second-order valence-corrected chi connectivity index (χ2v) is 45.5. The van der Waals surface area contributed by atoms with E-state index in [4.69, 9.17) is 23.5 Å². The average Bonchev–Trinajstić information content (AvgIpc) is 1.57. The van der Waals surface area contributed by atoms with Crippen LogP contribution in [0, 0.1) is 22.7 Å². The molecule has 5 amide bonds. The summed E-state index contributed by atoms with van der Waals surface area (Å²) in [5.74, 6) is -3.26. The number of benzene rings is 5. The minimum atomic E-state index is -4.40. The highest BCUT2D eigenvalue weighted by Gasteiger charge is 2.62. The van der Waals surface area contributed by atoms with Gasteiger partial charge in [0.1, 0.15) is 23.3 Å². The van der Waals surface area contributed by atoms with Crippen LogP contribution >= 0.6 is 0 Å². The maximum absolute atomic E-state index is 13.7. The quantitative estimate of drug-likeness (QED) is 0.00872. The first-order valence-corrected chi connectivity index (χ1v) is 55.4. The van der Waals surface area contributed by atoms with Gasteiger partial charge in [0, 0.05) is 70.1 Å². The number of carbonyl (C=O) groups is 8. The van der Waals surface area contributed by atoms with Crippen LogP contribution < -0.4 is 39.6 Å². The summed E-state index contributed by atoms with van der Waals surface area (Å²) in [5, 5.41) is 44.5. The van der Waals surface area contributed by atoms with E-state index in [0.29, 0.717) is 96.6 Å². The number of aliphatic hydroxyl groups excluding tert-OH is 1. The zero-order valence-corrected chi connectivity index (χ0v) is 88.3. The number of aliphatic carboxylic acids is 1. The van der Waals surface area contributed by atoms with Gasteiger partial charge < -0.3 is 54.9 Å². The number of carbonyl (C=O) groups excluding carboxylic acids is 7. The lowest BCUT2D eigenvalue weighted by molar-refractivity contribution is -0.511. The fraction of sp³-hybridized carbons (Fsp3) is 0.525. The van der Waals surface area contributed by atoms with E-state index in [-0.39, 0.29) is 81.1 Å². The number of nitrogens with zero attached hydrogens (tertiary/aromatic N) is 5. The molecule has 144 heavy (non-hydrogen) atoms. The highest BCUT2D eigenvalue weighted by molar-refractivity contribution is 7.86. The molecule has 0 unspecified atom stereocenters. The molecule has 5 aromatic carbocycles. The molecular weight excluding hydrogens is 1960 g/mol. The molecule has 0 bridgehead atoms. The number of carboxylic acids is 1. The lowest BCUT2D eigenvalue weighted by atomic mass is 9.91. The number of Topliss-reactive ketones (excluding diaryl/α,β-unsaturated/α-hetero) is 2. The topological polar surface area (TPSA) is 549 Å². The summed E-state index contributed by atoms with van der Waals surface area (Å²) in [6.45, 7) is 16.7. The average molecular weight is 2110 g/mol. The third-order valence-corrected chi connectivity index (χ3v) is 26.6. The molecule has 38 nitrogen and oxygen atoms in total. The molecule has 0 radical (unpaired) electrons. The molecule has 2 saturated heterocycles. The number of carboxylic acid groups (broad SMARTS) is 1. The van der Waals surface area contributed by atoms with Crippen molar-refractivity contribution in [3.63, 3.8) is 0 Å². The Morgan fingerprint density at radius 3 is 1.17 bits per heavy atom. The van der Waals surface area contributed by atoms with Gasteiger partial charge in [-0.25, -0.2) is 24.6 Å². The number of nitrogens with one attached hydrogen (secondary N) is 3. The molecule has 0 spiro atoms. The Hall–Kier alpha value is -11.0. The molecule has 1 aromatic heterocycles. The van der Waals surface area contributed by atoms with Crippen molar-refractivity contribution in [2.45, 2.75) is 251 Å². The number of allylic oxidation sites excluding steroid dienone is 4. The number of alkyl carbamates (subject to hydrolysis) is 2. The summed E-state index contributed by atoms with van der Waals surface area (Å²) in [6, 6.07) is 47.9. The molecular formula is C101H144N10O28S5. The number of hydrogen-bond acceptors (Lipinski definition) is 28. The van der Waals surface area contributed by atoms with Gasteiger partial charge in [-0.2, -0.15) is 33.7 Å². The van der Waals surface area contributed by atoms with Crippen molar-refractivity contribution in [2.75, 3.05) is 71.4 Å². The van der Waals surface area contributed by atoms with Gasteiger partial charge in [0.05, 0.1) is 55.6 Å². The summed E-state index contributed by atoms with van der Waals surface area (Å²) >= 11 is 0. The molecule has 4 fully saturated rings. The normalized spacial score (nSPS) is 21.1. The number of pyridine rings is 1. The number of anilines is 1. The predicted molar refractivity (Wildman–Crippen MR) is 541 cm³/mol. The van der Waals surface area contributed by atoms with Crippen LogP contribution in [0.25, 0.3) is 0 Å². The van der Waals surface area contributed by atoms with Crippen LogP contribution in [0.3, 0.4) is 0 Å². The number of hydrogen-bond donors (Lipinski definition) is 7. The van der Waals surface area contributed by atoms with E-state index in [1.54, 1.807) is 79.3 Å². The van der Waals surface area contributed by atoms with Crippen LogP contribution in [0.2, 0.25) is 0 Å². The van der Waals surface area contributed by atoms with Crippen LogP contribution in [-0.4, -0.2) is 223 Å². The van der Waals surface area contributed by atoms with Crippen LogP contribution in [0.15, 0.2) is 205 Å². The Balaban J connectivity index is 0.000000277. The number of ketones is 2. The molecule has 6 aromatic rings. The van der Waals surface area contributed by atoms with Crippen molar-refractivity contribution in [3.8, 4) is 0 Å². The maximum atomic E-state index is 13.7. The van der Waals surface area contributed by atoms with Crippen molar-refractivity contribution in [1.29, 1.82) is 0 Å². The number of rotatable bonds is 26. The molecule has 5 heterocycles. The summed E-state index contributed by atoms with van der Waals surface area (Å²) < 4.78 is 152. The number of amides is 5. The van der Waals surface area contributed by atoms with Gasteiger partial charge in [-0.1, -0.05) is 231 Å². The van der Waals surface area contributed by atoms with Crippen molar-refractivity contribution in [3.05, 3.63) is 228 Å². The van der Waals surface area contributed by atoms with Crippen molar-refractivity contribution in [2.24, 2.45) is 37.3 Å². The number of ether oxygens (including phenoxy) is 3. The smallest absolute Gasteiger partial charge is 0.493 e. The third kappa shape index (κ3) is 47.0. The maximum Gasteiger partial charge on any atom is 0.493 e. The van der Waals surface area contributed by atoms with Gasteiger partial charge in [-0.15, -0.1) is 8.42 Å². The fourth-order valence-corrected chi connectivity index (χ4v) is 18.3. The van der Waals surface area contributed by atoms with E-state index >= 15 is 0 Å². The monoisotopic (exact) mass is 2100 g/mol. The Morgan fingerprint density at radius 1 is 0.479 bits per heavy atom. The molecule has 2 aliphatic carbocycles. The summed E-state index contributed by atoms with van der Waals surface area (Å²) in [4.78, 5) is 109. The van der Waals surface area contributed by atoms with E-state index in [1.807, 2.05) is 195 Å². The van der Waals surface area contributed by atoms with Crippen molar-refractivity contribution >= 4 is 110 Å². The predicted octanol–water partition coefficient (Wildman–Crippen LogP) is 10.4. The zero-order valence-electron chi connectivity index (χ0n) is 84.2. The first-order chi connectivity index (χ1) is 67.5. The highest BCUT2D eigenvalue weighted by Crippen LogP contribution is 2.58. The molecule has 6 aliphatic rings. The summed E-state index contributed by atoms with van der Waals surface area (Å²) in [5.41, 5.74) is 1.53. The van der Waals surface area contributed by atoms with E-state index in [1.165, 1.54) is 22.9 Å². The summed E-state index contributed by atoms with van der Waals surface area (Å²) in [6.07, 6.45) is 22.0. The first-order valence-electron chi connectivity index (χ1n) is 47.8. The van der Waals surface area contributed by atoms with Crippen LogP contribution in [0.5, 0.6) is 0 Å². The fourth-order valence-electron chi connectivity index (χ4n) is 15.7. The third-order valence-electron chi connectivity index (χ3n) is 23.0. The van der Waals surface area contributed by atoms with E-state index < -0.39 is 133 Å². The second kappa shape index (κ2) is 57.8. The number of aromatic nitrogens is 1. The van der Waals surface area contributed by atoms with Gasteiger partial charge in [0.25, 0.3) is 10.1 Å². The molecule has 796 valence electrons. The molecule has 9 N–H and O–H groups in total. The Morgan fingerprint density at radius 2 is 0.826 bits per heavy atom. The standard InChI is InChI=1S/C32H45N3O8S.C24H36N2O6.C12H19N3O4S.C9H12O3S.2C8H11NO3S.C8H10O/c1-31(2,3)43-30(39)33-25-16-11-6-4-5-10-15-24-21-32(24,22-27(36)26-17-12-19-35(26)28(25)37)29(38)34-44(40,41)42-20-18-23-13-8-7-9-14-23;1-23(2,3)32-22(31)25-17-11-8-6-4-5-7-10-16-14-24(16,21(29)30)15-19(27)18-12-9-13-26(18)20(17)28;1-12(2,3)19-11(16)13-20(17,18)15-8-6-10(7-9-15)14(4)5;1-13(10,11)12-8-7-9-5-3-2-4-6-9;2*9-13(10,11)12-7-6-8-4-2-1-3-5-8;9-7-6-8-4-2-1-3-5-8/h7-10,13-15,24-26H,4-6,11-12,16-22H2,1-3H3,(H,33,39)(H,34,38);7,10,16-18H,4-6,8-9,11-15H2,1-3H3,(H,25,31)(H,29,30);6-9H,1-5H3;2-6H,7-8H2,1H3;2*1-5H,6-7H2,(H2,9,10,11);1-5,9H,6-7H2/b15-10-;10-7-;;;;;/t24-,25+,26+,32-;16-,17+,18+,24-;;;;;/m11...../s1. The van der Waals surface area contributed by atoms with Crippen LogP contribution in [0.1, 0.15) is 206 Å². The Kier molecular flexibility index (Phi) is 48.9. The molecule has 4 aliphatic heterocycles. The SMILES string of the molecule is CC(C)(C)OC(=O)N[C@H]1CCCCC/C=C\[C@@H]2C[C@@]2(C(=O)NS(=O)(=O)OCCc2ccccc2)CC(=O)[C@@H]2CCCN2C1=O.CC(C)(C)OC(=O)N[C@H]1CCCCC/C=C\[C@@H]2C[C@@]2(C(=O)O)CC(=O)[C@@H]2CCCN2C1=O.CN(C)c1cc[n+](S(=O)(=O)N=C([O-])OC(C)(C)C)cc1.CS(=O)(=O)OCCc1ccccc1.NS(=O)(=O)OCCc1ccccc1.NS(=O)(=O)OCCc1ccccc1.OCCc1ccccc1. The van der Waals surface area contributed by atoms with Gasteiger partial charge in [-0.05, 0) is 190 Å². The Bertz CT molecular complexity index is 5610. The number of fused-ring (bicyclic) bond motifs is 4. The van der Waals surface area contributed by atoms with Gasteiger partial charge >= 0.3 is 59.3 Å². The number of nitrogens with two attached hydrogens (primary N) is 2. The lowest BCUT2D eigenvalue weighted by Crippen LogP contribution is -2.52. The lowest BCUT2D eigenvalue weighted by Gasteiger charge is -2.30. The van der Waals surface area contributed by atoms with Gasteiger partial charge in [0.2, 0.25) is 17.7 Å². The summed E-state index contributed by atoms with van der Waals surface area (Å²) in [7, 11) is -15.7. The van der Waals surface area contributed by atoms with Crippen LogP contribution in [-0.2, 0) is 143 Å². The highest BCUT2D eigenvalue weighted by atomic mass is 32.2. The zero-order chi connectivity index (χ0) is 107. The first kappa shape index (κ1) is 122. The second-order valence-electron chi connectivity index (χ2n) is 38.5. The van der Waals surface area contributed by atoms with E-state index in [0.717, 1.165) is 89.5 Å². The van der Waals surface area contributed by atoms with Crippen LogP contribution in [0.4, 0.5) is 15.3 Å². The minimum absolute atomic E-state index is 0.0596. The molecule has 8 atom stereocenters. The van der Waals surface area contributed by atoms with Gasteiger partial charge in [0.15, 0.2) is 30.0 Å². The molecule has 43 heteroatoms. The largest absolute Gasteiger partial charge is 0.594 e.